The van der Waals surface area contributed by atoms with Gasteiger partial charge in [0.15, 0.2) is 5.11 Å². The first-order valence-corrected chi connectivity index (χ1v) is 12.4. The summed E-state index contributed by atoms with van der Waals surface area (Å²) in [6, 6.07) is 16.5. The molecule has 36 heavy (non-hydrogen) atoms. The van der Waals surface area contributed by atoms with E-state index in [1.165, 1.54) is 6.08 Å². The number of furan rings is 1. The molecular formula is C26H24Cl2N4O3S. The fourth-order valence-corrected chi connectivity index (χ4v) is 4.40. The van der Waals surface area contributed by atoms with Gasteiger partial charge in [-0.05, 0) is 66.8 Å². The molecule has 1 aromatic heterocycles. The highest BCUT2D eigenvalue weighted by atomic mass is 35.5. The topological polar surface area (TPSA) is 77.8 Å². The standard InChI is InChI=1S/C26H24Cl2N4O3S/c1-17(33)31-13-15-32(16-14-31)19-7-5-18(6-8-19)29-26(36)30-24(34)12-10-20-9-11-23(35-20)21-3-2-4-22(27)25(21)28/h2-12H,13-16H2,1H3,(H2,29,30,34,36). The Bertz CT molecular complexity index is 1300. The predicted octanol–water partition coefficient (Wildman–Crippen LogP) is 5.45. The molecule has 0 atom stereocenters. The number of benzene rings is 2. The molecule has 4 rings (SSSR count). The van der Waals surface area contributed by atoms with Gasteiger partial charge in [0.05, 0.1) is 10.0 Å². The maximum atomic E-state index is 12.3. The first-order chi connectivity index (χ1) is 17.3. The fourth-order valence-electron chi connectivity index (χ4n) is 3.79. The number of piperazine rings is 1. The molecule has 0 aliphatic carbocycles. The summed E-state index contributed by atoms with van der Waals surface area (Å²) < 4.78 is 5.75. The summed E-state index contributed by atoms with van der Waals surface area (Å²) in [5.74, 6) is 0.737. The van der Waals surface area contributed by atoms with E-state index in [1.54, 1.807) is 43.3 Å². The van der Waals surface area contributed by atoms with E-state index in [2.05, 4.69) is 15.5 Å². The van der Waals surface area contributed by atoms with Gasteiger partial charge in [-0.25, -0.2) is 0 Å². The van der Waals surface area contributed by atoms with Crippen molar-refractivity contribution >= 4 is 69.8 Å². The van der Waals surface area contributed by atoms with Gasteiger partial charge < -0.3 is 19.5 Å². The molecule has 10 heteroatoms. The van der Waals surface area contributed by atoms with Crippen LogP contribution in [-0.4, -0.2) is 48.0 Å². The Hall–Kier alpha value is -3.33. The summed E-state index contributed by atoms with van der Waals surface area (Å²) in [6.07, 6.45) is 2.88. The second-order valence-electron chi connectivity index (χ2n) is 8.12. The number of hydrogen-bond donors (Lipinski definition) is 2. The first-order valence-electron chi connectivity index (χ1n) is 11.2. The summed E-state index contributed by atoms with van der Waals surface area (Å²) >= 11 is 17.6. The lowest BCUT2D eigenvalue weighted by atomic mass is 10.2. The van der Waals surface area contributed by atoms with Gasteiger partial charge in [0, 0.05) is 56.1 Å². The molecule has 0 spiro atoms. The molecule has 1 aliphatic rings. The third-order valence-electron chi connectivity index (χ3n) is 5.69. The van der Waals surface area contributed by atoms with Crippen LogP contribution in [0.4, 0.5) is 11.4 Å². The van der Waals surface area contributed by atoms with E-state index in [1.807, 2.05) is 29.2 Å². The molecule has 0 bridgehead atoms. The Morgan fingerprint density at radius 2 is 1.72 bits per heavy atom. The number of nitrogens with one attached hydrogen (secondary N) is 2. The van der Waals surface area contributed by atoms with Crippen molar-refractivity contribution in [2.75, 3.05) is 36.4 Å². The highest BCUT2D eigenvalue weighted by Crippen LogP contribution is 2.34. The van der Waals surface area contributed by atoms with E-state index in [-0.39, 0.29) is 11.0 Å². The average Bonchev–Trinajstić information content (AvgIpc) is 3.34. The number of hydrogen-bond acceptors (Lipinski definition) is 5. The molecular weight excluding hydrogens is 519 g/mol. The van der Waals surface area contributed by atoms with Gasteiger partial charge in [-0.2, -0.15) is 0 Å². The number of carbonyl (C=O) groups is 2. The maximum Gasteiger partial charge on any atom is 0.250 e. The van der Waals surface area contributed by atoms with Crippen molar-refractivity contribution < 1.29 is 14.0 Å². The summed E-state index contributed by atoms with van der Waals surface area (Å²) in [6.45, 7) is 4.60. The van der Waals surface area contributed by atoms with Crippen LogP contribution in [0.5, 0.6) is 0 Å². The molecule has 0 saturated carbocycles. The van der Waals surface area contributed by atoms with Gasteiger partial charge in [-0.3, -0.25) is 14.9 Å². The fraction of sp³-hybridized carbons (Fsp3) is 0.192. The van der Waals surface area contributed by atoms with Crippen LogP contribution in [0.2, 0.25) is 10.0 Å². The molecule has 2 aromatic carbocycles. The van der Waals surface area contributed by atoms with Gasteiger partial charge in [0.2, 0.25) is 11.8 Å². The minimum Gasteiger partial charge on any atom is -0.457 e. The number of anilines is 2. The van der Waals surface area contributed by atoms with Crippen LogP contribution >= 0.6 is 35.4 Å². The van der Waals surface area contributed by atoms with Crippen molar-refractivity contribution in [2.45, 2.75) is 6.92 Å². The Labute approximate surface area is 224 Å². The maximum absolute atomic E-state index is 12.3. The van der Waals surface area contributed by atoms with Crippen molar-refractivity contribution in [3.05, 3.63) is 76.5 Å². The third-order valence-corrected chi connectivity index (χ3v) is 6.72. The molecule has 1 fully saturated rings. The average molecular weight is 543 g/mol. The Morgan fingerprint density at radius 3 is 2.42 bits per heavy atom. The Kier molecular flexibility index (Phi) is 8.30. The van der Waals surface area contributed by atoms with Crippen LogP contribution in [0.25, 0.3) is 17.4 Å². The van der Waals surface area contributed by atoms with E-state index < -0.39 is 5.91 Å². The number of nitrogens with zero attached hydrogens (tertiary/aromatic N) is 2. The van der Waals surface area contributed by atoms with Crippen molar-refractivity contribution in [1.82, 2.24) is 10.2 Å². The normalized spacial score (nSPS) is 13.6. The number of rotatable bonds is 5. The predicted molar refractivity (Wildman–Crippen MR) is 148 cm³/mol. The lowest BCUT2D eigenvalue weighted by molar-refractivity contribution is -0.129. The number of carbonyl (C=O) groups excluding carboxylic acids is 2. The highest BCUT2D eigenvalue weighted by Gasteiger charge is 2.18. The molecule has 1 saturated heterocycles. The van der Waals surface area contributed by atoms with Crippen LogP contribution < -0.4 is 15.5 Å². The van der Waals surface area contributed by atoms with Crippen LogP contribution in [0.1, 0.15) is 12.7 Å². The highest BCUT2D eigenvalue weighted by molar-refractivity contribution is 7.80. The number of amides is 2. The zero-order valence-corrected chi connectivity index (χ0v) is 21.8. The summed E-state index contributed by atoms with van der Waals surface area (Å²) in [7, 11) is 0. The largest absolute Gasteiger partial charge is 0.457 e. The number of halogens is 2. The van der Waals surface area contributed by atoms with E-state index in [0.717, 1.165) is 24.5 Å². The quantitative estimate of drug-likeness (QED) is 0.329. The van der Waals surface area contributed by atoms with E-state index in [4.69, 9.17) is 39.8 Å². The Balaban J connectivity index is 1.27. The van der Waals surface area contributed by atoms with Crippen molar-refractivity contribution in [3.63, 3.8) is 0 Å². The number of thiocarbonyl (C=S) groups is 1. The van der Waals surface area contributed by atoms with Gasteiger partial charge >= 0.3 is 0 Å². The summed E-state index contributed by atoms with van der Waals surface area (Å²) in [5.41, 5.74) is 2.49. The minimum absolute atomic E-state index is 0.107. The lowest BCUT2D eigenvalue weighted by Crippen LogP contribution is -2.48. The van der Waals surface area contributed by atoms with E-state index in [0.29, 0.717) is 40.2 Å². The summed E-state index contributed by atoms with van der Waals surface area (Å²) in [4.78, 5) is 27.9. The smallest absolute Gasteiger partial charge is 0.250 e. The SMILES string of the molecule is CC(=O)N1CCN(c2ccc(NC(=S)NC(=O)C=Cc3ccc(-c4cccc(Cl)c4Cl)o3)cc2)CC1. The second kappa shape index (κ2) is 11.6. The monoisotopic (exact) mass is 542 g/mol. The first kappa shape index (κ1) is 25.8. The van der Waals surface area contributed by atoms with Crippen LogP contribution in [0.3, 0.4) is 0 Å². The van der Waals surface area contributed by atoms with Gasteiger partial charge in [0.25, 0.3) is 0 Å². The van der Waals surface area contributed by atoms with Gasteiger partial charge in [-0.15, -0.1) is 0 Å². The van der Waals surface area contributed by atoms with Crippen LogP contribution in [0, 0.1) is 0 Å². The van der Waals surface area contributed by atoms with Gasteiger partial charge in [0.1, 0.15) is 11.5 Å². The Morgan fingerprint density at radius 1 is 1.00 bits per heavy atom. The molecule has 2 heterocycles. The zero-order valence-electron chi connectivity index (χ0n) is 19.5. The lowest BCUT2D eigenvalue weighted by Gasteiger charge is -2.35. The van der Waals surface area contributed by atoms with E-state index in [9.17, 15) is 9.59 Å². The third kappa shape index (κ3) is 6.46. The zero-order chi connectivity index (χ0) is 25.7. The molecule has 0 radical (unpaired) electrons. The molecule has 2 N–H and O–H groups in total. The molecule has 1 aliphatic heterocycles. The summed E-state index contributed by atoms with van der Waals surface area (Å²) in [5, 5.41) is 6.64. The van der Waals surface area contributed by atoms with E-state index >= 15 is 0 Å². The molecule has 0 unspecified atom stereocenters. The van der Waals surface area contributed by atoms with Crippen molar-refractivity contribution in [2.24, 2.45) is 0 Å². The van der Waals surface area contributed by atoms with Crippen LogP contribution in [-0.2, 0) is 9.59 Å². The molecule has 2 amide bonds. The molecule has 7 nitrogen and oxygen atoms in total. The minimum atomic E-state index is -0.397. The molecule has 186 valence electrons. The molecule has 3 aromatic rings. The van der Waals surface area contributed by atoms with Gasteiger partial charge in [-0.1, -0.05) is 29.3 Å². The van der Waals surface area contributed by atoms with Crippen molar-refractivity contribution in [1.29, 1.82) is 0 Å². The second-order valence-corrected chi connectivity index (χ2v) is 9.31. The van der Waals surface area contributed by atoms with Crippen molar-refractivity contribution in [3.8, 4) is 11.3 Å². The van der Waals surface area contributed by atoms with Crippen LogP contribution in [0.15, 0.2) is 65.1 Å².